The van der Waals surface area contributed by atoms with E-state index in [0.717, 1.165) is 36.8 Å². The lowest BCUT2D eigenvalue weighted by Gasteiger charge is -2.33. The van der Waals surface area contributed by atoms with Crippen molar-refractivity contribution in [3.8, 4) is 11.5 Å². The van der Waals surface area contributed by atoms with Gasteiger partial charge in [-0.05, 0) is 68.2 Å². The van der Waals surface area contributed by atoms with Gasteiger partial charge in [-0.2, -0.15) is 13.2 Å². The molecule has 0 heterocycles. The molecule has 0 aliphatic heterocycles. The quantitative estimate of drug-likeness (QED) is 0.351. The highest BCUT2D eigenvalue weighted by Gasteiger charge is 2.52. The summed E-state index contributed by atoms with van der Waals surface area (Å²) in [6.45, 7) is 0. The number of amides is 2. The van der Waals surface area contributed by atoms with Crippen LogP contribution in [0, 0.1) is 29.5 Å². The highest BCUT2D eigenvalue weighted by molar-refractivity contribution is 7.92. The average Bonchev–Trinajstić information content (AvgIpc) is 3.52. The van der Waals surface area contributed by atoms with Crippen molar-refractivity contribution in [2.75, 3.05) is 12.4 Å². The van der Waals surface area contributed by atoms with E-state index in [-0.39, 0.29) is 47.4 Å². The van der Waals surface area contributed by atoms with Crippen molar-refractivity contribution < 1.29 is 54.9 Å². The van der Waals surface area contributed by atoms with Gasteiger partial charge in [-0.1, -0.05) is 6.07 Å². The standard InChI is InChI=1S/C28H28F4N2O8S/c1-41-21-12-20(29)22(42-17-8-15(9-17)27(37)38)11-19(21)25(35)34-24-14-6-5-13(7-14)23(24)26(36)33-16-3-2-4-18(10-16)43(39,40)28(30,31)32/h2-4,10-15,17,23-24H,5-9H2,1H3,(H,33,36)(H,34,35)(H,37,38)/t13-,14+,15?,17?,23+,24-/m1/s1. The zero-order valence-corrected chi connectivity index (χ0v) is 23.5. The Morgan fingerprint density at radius 2 is 1.70 bits per heavy atom. The molecule has 3 N–H and O–H groups in total. The molecule has 3 aliphatic carbocycles. The summed E-state index contributed by atoms with van der Waals surface area (Å²) >= 11 is 0. The fourth-order valence-electron chi connectivity index (χ4n) is 6.22. The summed E-state index contributed by atoms with van der Waals surface area (Å²) in [7, 11) is -4.38. The minimum absolute atomic E-state index is 0.0694. The number of carboxylic acids is 1. The van der Waals surface area contributed by atoms with E-state index in [9.17, 15) is 40.4 Å². The maximum Gasteiger partial charge on any atom is 0.501 e. The van der Waals surface area contributed by atoms with Crippen LogP contribution in [0.15, 0.2) is 41.3 Å². The normalized spacial score (nSPS) is 26.3. The smallest absolute Gasteiger partial charge is 0.496 e. The number of methoxy groups -OCH3 is 1. The third-order valence-corrected chi connectivity index (χ3v) is 9.95. The molecule has 0 radical (unpaired) electrons. The molecule has 2 aromatic carbocycles. The molecule has 0 unspecified atom stereocenters. The van der Waals surface area contributed by atoms with Gasteiger partial charge in [-0.15, -0.1) is 0 Å². The van der Waals surface area contributed by atoms with E-state index >= 15 is 0 Å². The predicted molar refractivity (Wildman–Crippen MR) is 142 cm³/mol. The fourth-order valence-corrected chi connectivity index (χ4v) is 7.03. The molecule has 4 atom stereocenters. The second-order valence-corrected chi connectivity index (χ2v) is 13.0. The van der Waals surface area contributed by atoms with Crippen LogP contribution >= 0.6 is 0 Å². The number of carboxylic acid groups (broad SMARTS) is 1. The number of halogens is 4. The van der Waals surface area contributed by atoms with Crippen LogP contribution in [0.1, 0.15) is 42.5 Å². The number of fused-ring (bicyclic) bond motifs is 2. The van der Waals surface area contributed by atoms with Crippen LogP contribution in [-0.4, -0.2) is 56.1 Å². The SMILES string of the molecule is COc1cc(F)c(OC2CC(C(=O)O)C2)cc1C(=O)N[C@@H]1[C@H]2CC[C@H](C2)[C@@H]1C(=O)Nc1cccc(S(=O)(=O)C(F)(F)F)c1. The molecule has 0 spiro atoms. The first-order chi connectivity index (χ1) is 20.2. The van der Waals surface area contributed by atoms with E-state index in [0.29, 0.717) is 12.8 Å². The van der Waals surface area contributed by atoms with E-state index in [4.69, 9.17) is 14.6 Å². The maximum atomic E-state index is 14.7. The number of anilines is 1. The molecule has 43 heavy (non-hydrogen) atoms. The van der Waals surface area contributed by atoms with Crippen LogP contribution in [0.4, 0.5) is 23.2 Å². The molecule has 2 aromatic rings. The molecule has 232 valence electrons. The zero-order valence-electron chi connectivity index (χ0n) is 22.7. The van der Waals surface area contributed by atoms with Crippen LogP contribution in [0.25, 0.3) is 0 Å². The van der Waals surface area contributed by atoms with Gasteiger partial charge in [0.15, 0.2) is 11.6 Å². The summed E-state index contributed by atoms with van der Waals surface area (Å²) in [6, 6.07) is 5.32. The number of alkyl halides is 3. The van der Waals surface area contributed by atoms with Gasteiger partial charge in [0.2, 0.25) is 5.91 Å². The molecule has 2 bridgehead atoms. The summed E-state index contributed by atoms with van der Waals surface area (Å²) in [5.41, 5.74) is -5.73. The highest BCUT2D eigenvalue weighted by Crippen LogP contribution is 2.49. The van der Waals surface area contributed by atoms with Gasteiger partial charge in [0.25, 0.3) is 15.7 Å². The third-order valence-electron chi connectivity index (χ3n) is 8.47. The maximum absolute atomic E-state index is 14.7. The second-order valence-electron chi connectivity index (χ2n) is 11.1. The van der Waals surface area contributed by atoms with Gasteiger partial charge in [0.05, 0.1) is 29.4 Å². The minimum atomic E-state index is -5.63. The van der Waals surface area contributed by atoms with E-state index in [1.54, 1.807) is 0 Å². The van der Waals surface area contributed by atoms with Crippen molar-refractivity contribution in [1.82, 2.24) is 5.32 Å². The van der Waals surface area contributed by atoms with Crippen LogP contribution in [0.2, 0.25) is 0 Å². The van der Waals surface area contributed by atoms with Gasteiger partial charge < -0.3 is 25.2 Å². The van der Waals surface area contributed by atoms with Crippen molar-refractivity contribution in [1.29, 1.82) is 0 Å². The van der Waals surface area contributed by atoms with E-state index < -0.39 is 67.8 Å². The van der Waals surface area contributed by atoms with E-state index in [1.807, 2.05) is 0 Å². The monoisotopic (exact) mass is 628 g/mol. The molecule has 10 nitrogen and oxygen atoms in total. The number of carbonyl (C=O) groups is 3. The molecular weight excluding hydrogens is 600 g/mol. The molecule has 3 aliphatic rings. The summed E-state index contributed by atoms with van der Waals surface area (Å²) in [6.07, 6.45) is 1.87. The van der Waals surface area contributed by atoms with E-state index in [2.05, 4.69) is 10.6 Å². The number of ether oxygens (including phenoxy) is 2. The first kappa shape index (κ1) is 30.6. The Labute approximate surface area is 243 Å². The number of hydrogen-bond donors (Lipinski definition) is 3. The number of carbonyl (C=O) groups excluding carboxylic acids is 2. The Morgan fingerprint density at radius 1 is 1.00 bits per heavy atom. The Morgan fingerprint density at radius 3 is 2.35 bits per heavy atom. The number of aliphatic carboxylic acids is 1. The molecule has 2 amide bonds. The lowest BCUT2D eigenvalue weighted by Crippen LogP contribution is -2.48. The van der Waals surface area contributed by atoms with Crippen molar-refractivity contribution in [2.24, 2.45) is 23.7 Å². The average molecular weight is 629 g/mol. The third kappa shape index (κ3) is 5.86. The number of hydrogen-bond acceptors (Lipinski definition) is 7. The molecule has 3 fully saturated rings. The molecule has 15 heteroatoms. The Balaban J connectivity index is 1.33. The number of benzene rings is 2. The van der Waals surface area contributed by atoms with Crippen molar-refractivity contribution in [3.63, 3.8) is 0 Å². The van der Waals surface area contributed by atoms with Crippen LogP contribution < -0.4 is 20.1 Å². The Bertz CT molecular complexity index is 1560. The fraction of sp³-hybridized carbons (Fsp3) is 0.464. The van der Waals surface area contributed by atoms with Crippen molar-refractivity contribution >= 4 is 33.3 Å². The first-order valence-corrected chi connectivity index (χ1v) is 15.0. The lowest BCUT2D eigenvalue weighted by atomic mass is 9.82. The van der Waals surface area contributed by atoms with Crippen LogP contribution in [-0.2, 0) is 19.4 Å². The predicted octanol–water partition coefficient (Wildman–Crippen LogP) is 4.15. The summed E-state index contributed by atoms with van der Waals surface area (Å²) in [4.78, 5) is 36.9. The highest BCUT2D eigenvalue weighted by atomic mass is 32.2. The number of nitrogens with one attached hydrogen (secondary N) is 2. The van der Waals surface area contributed by atoms with E-state index in [1.165, 1.54) is 13.2 Å². The lowest BCUT2D eigenvalue weighted by molar-refractivity contribution is -0.148. The molecule has 0 aromatic heterocycles. The topological polar surface area (TPSA) is 148 Å². The van der Waals surface area contributed by atoms with Crippen LogP contribution in [0.3, 0.4) is 0 Å². The Hall–Kier alpha value is -3.88. The summed E-state index contributed by atoms with van der Waals surface area (Å²) < 4.78 is 88.3. The molecular formula is C28H28F4N2O8S. The minimum Gasteiger partial charge on any atom is -0.496 e. The van der Waals surface area contributed by atoms with Gasteiger partial charge in [0, 0.05) is 17.8 Å². The largest absolute Gasteiger partial charge is 0.501 e. The van der Waals surface area contributed by atoms with Gasteiger partial charge in [0.1, 0.15) is 11.9 Å². The first-order valence-electron chi connectivity index (χ1n) is 13.5. The summed E-state index contributed by atoms with van der Waals surface area (Å²) in [5, 5.41) is 14.4. The van der Waals surface area contributed by atoms with Gasteiger partial charge in [-0.3, -0.25) is 14.4 Å². The number of rotatable bonds is 9. The molecule has 0 saturated heterocycles. The van der Waals surface area contributed by atoms with Gasteiger partial charge in [-0.25, -0.2) is 12.8 Å². The number of sulfone groups is 1. The van der Waals surface area contributed by atoms with Crippen molar-refractivity contribution in [3.05, 3.63) is 47.8 Å². The Kier molecular flexibility index (Phi) is 8.05. The molecule has 3 saturated carbocycles. The summed E-state index contributed by atoms with van der Waals surface area (Å²) in [5.74, 6) is -4.96. The zero-order chi connectivity index (χ0) is 31.3. The van der Waals surface area contributed by atoms with Gasteiger partial charge >= 0.3 is 11.5 Å². The van der Waals surface area contributed by atoms with Crippen molar-refractivity contribution in [2.45, 2.75) is 54.7 Å². The molecule has 5 rings (SSSR count). The second kappa shape index (κ2) is 11.3. The van der Waals surface area contributed by atoms with Crippen LogP contribution in [0.5, 0.6) is 11.5 Å².